The number of anilines is 1. The summed E-state index contributed by atoms with van der Waals surface area (Å²) >= 11 is 6.41. The monoisotopic (exact) mass is 1050 g/mol. The van der Waals surface area contributed by atoms with Crippen LogP contribution in [0.25, 0.3) is 11.0 Å². The largest absolute Gasteiger partial charge is 0.420 e. The Balaban J connectivity index is 0.688. The van der Waals surface area contributed by atoms with Gasteiger partial charge in [-0.2, -0.15) is 15.1 Å². The summed E-state index contributed by atoms with van der Waals surface area (Å²) in [6.07, 6.45) is 6.23. The standard InChI is InChI=1S/C42H60ClF3N8O14P2/c43-42-48-40(34-25-47-54(41(34)49-42)37-2-1-33(67-37)28-66-69-29-70(56)57)53-6-3-32(53)4-8-58-11-14-61-19-20-64-21-22-65-27-31-26-52(51-50-31)7-10-60-13-16-63-18-17-62-15-12-59-9-5-38(55)68-39-35(45)23-30(44)24-36(39)46/h23-26,32-33,37,56-57,69H,1-22,27-29H2. The summed E-state index contributed by atoms with van der Waals surface area (Å²) in [5.74, 6) is -4.61. The van der Waals surface area contributed by atoms with Crippen molar-refractivity contribution in [1.29, 1.82) is 0 Å². The van der Waals surface area contributed by atoms with Gasteiger partial charge < -0.3 is 66.6 Å². The summed E-state index contributed by atoms with van der Waals surface area (Å²) in [6, 6.07) is 1.09. The zero-order valence-electron chi connectivity index (χ0n) is 38.5. The van der Waals surface area contributed by atoms with Crippen molar-refractivity contribution in [2.45, 2.75) is 63.6 Å². The number of nitrogens with zero attached hydrogens (tertiary/aromatic N) is 8. The molecule has 2 aliphatic heterocycles. The molecule has 6 rings (SSSR count). The molecule has 390 valence electrons. The maximum atomic E-state index is 13.6. The number of hydrogen-bond acceptors (Lipinski definition) is 20. The lowest BCUT2D eigenvalue weighted by atomic mass is 9.99. The predicted octanol–water partition coefficient (Wildman–Crippen LogP) is 4.33. The number of carbonyl (C=O) groups is 1. The van der Waals surface area contributed by atoms with Crippen LogP contribution in [-0.2, 0) is 65.1 Å². The zero-order chi connectivity index (χ0) is 49.3. The van der Waals surface area contributed by atoms with Crippen LogP contribution in [0.4, 0.5) is 19.0 Å². The SMILES string of the molecule is O=C(CCOCCOCCOCCOCCn1cc(COCCOCCOCCOCCC2CCN2c2nc(Cl)nc3c2cnn3C2CCC(COPCP(O)O)O2)nn1)Oc1c(F)cc(F)cc1F. The van der Waals surface area contributed by atoms with E-state index in [0.717, 1.165) is 43.4 Å². The van der Waals surface area contributed by atoms with Crippen molar-refractivity contribution in [3.8, 4) is 5.75 Å². The Morgan fingerprint density at radius 1 is 0.814 bits per heavy atom. The number of carbonyl (C=O) groups excluding carboxylic acids is 1. The van der Waals surface area contributed by atoms with Crippen LogP contribution in [0.2, 0.25) is 5.28 Å². The van der Waals surface area contributed by atoms with Crippen LogP contribution in [0.5, 0.6) is 5.75 Å². The Morgan fingerprint density at radius 3 is 2.09 bits per heavy atom. The molecule has 0 amide bonds. The molecular weight excluding hydrogens is 995 g/mol. The molecule has 0 saturated carbocycles. The average molecular weight is 1060 g/mol. The Kier molecular flexibility index (Phi) is 25.0. The molecule has 2 N–H and O–H groups in total. The smallest absolute Gasteiger partial charge is 0.313 e. The number of fused-ring (bicyclic) bond motifs is 1. The van der Waals surface area contributed by atoms with Crippen LogP contribution in [0.3, 0.4) is 0 Å². The van der Waals surface area contributed by atoms with Gasteiger partial charge in [0.1, 0.15) is 17.3 Å². The molecule has 2 aliphatic rings. The lowest BCUT2D eigenvalue weighted by molar-refractivity contribution is -0.136. The van der Waals surface area contributed by atoms with E-state index in [4.69, 9.17) is 68.5 Å². The number of halogens is 4. The van der Waals surface area contributed by atoms with Gasteiger partial charge in [-0.3, -0.25) is 4.79 Å². The predicted molar refractivity (Wildman–Crippen MR) is 246 cm³/mol. The highest BCUT2D eigenvalue weighted by molar-refractivity contribution is 7.58. The topological polar surface area (TPSA) is 237 Å². The van der Waals surface area contributed by atoms with Crippen molar-refractivity contribution in [1.82, 2.24) is 34.7 Å². The van der Waals surface area contributed by atoms with Crippen LogP contribution in [-0.4, -0.2) is 181 Å². The third-order valence-electron chi connectivity index (χ3n) is 10.5. The minimum absolute atomic E-state index is 0.0167. The van der Waals surface area contributed by atoms with E-state index < -0.39 is 37.5 Å². The number of ether oxygens (including phenoxy) is 10. The normalized spacial score (nSPS) is 17.2. The number of aromatic nitrogens is 7. The van der Waals surface area contributed by atoms with Crippen molar-refractivity contribution < 1.29 is 79.6 Å². The molecule has 1 aromatic carbocycles. The third-order valence-corrected chi connectivity index (χ3v) is 12.7. The van der Waals surface area contributed by atoms with Crippen molar-refractivity contribution in [2.75, 3.05) is 123 Å². The fraction of sp³-hybridized carbons (Fsp3) is 0.667. The van der Waals surface area contributed by atoms with Gasteiger partial charge in [-0.05, 0) is 37.3 Å². The third kappa shape index (κ3) is 19.2. The Bertz CT molecular complexity index is 2140. The molecule has 0 radical (unpaired) electrons. The first-order valence-electron chi connectivity index (χ1n) is 22.8. The minimum atomic E-state index is -1.95. The van der Waals surface area contributed by atoms with Gasteiger partial charge in [-0.15, -0.1) is 5.10 Å². The van der Waals surface area contributed by atoms with E-state index in [-0.39, 0.29) is 64.6 Å². The Hall–Kier alpha value is -3.36. The molecule has 70 heavy (non-hydrogen) atoms. The van der Waals surface area contributed by atoms with Crippen LogP contribution < -0.4 is 9.64 Å². The van der Waals surface area contributed by atoms with Gasteiger partial charge in [0.25, 0.3) is 0 Å². The van der Waals surface area contributed by atoms with Gasteiger partial charge >= 0.3 is 5.97 Å². The molecule has 2 saturated heterocycles. The molecule has 0 bridgehead atoms. The average Bonchev–Trinajstić information content (AvgIpc) is 4.09. The molecule has 0 aliphatic carbocycles. The fourth-order valence-electron chi connectivity index (χ4n) is 7.02. The van der Waals surface area contributed by atoms with Gasteiger partial charge in [-0.1, -0.05) is 5.21 Å². The van der Waals surface area contributed by atoms with Crippen LogP contribution in [0.1, 0.15) is 44.0 Å². The highest BCUT2D eigenvalue weighted by Gasteiger charge is 2.34. The summed E-state index contributed by atoms with van der Waals surface area (Å²) in [5.41, 5.74) is 1.31. The van der Waals surface area contributed by atoms with Crippen molar-refractivity contribution in [3.05, 3.63) is 53.0 Å². The first kappa shape index (κ1) is 55.9. The van der Waals surface area contributed by atoms with Gasteiger partial charge in [0, 0.05) is 40.1 Å². The van der Waals surface area contributed by atoms with Gasteiger partial charge in [0.05, 0.1) is 148 Å². The number of hydrogen-bond donors (Lipinski definition) is 2. The molecular formula is C42H60ClF3N8O14P2. The van der Waals surface area contributed by atoms with Crippen molar-refractivity contribution in [3.63, 3.8) is 0 Å². The molecule has 3 aromatic heterocycles. The van der Waals surface area contributed by atoms with Crippen molar-refractivity contribution in [2.24, 2.45) is 0 Å². The second-order valence-corrected chi connectivity index (χ2v) is 18.5. The molecule has 2 fully saturated rings. The first-order chi connectivity index (χ1) is 34.1. The van der Waals surface area contributed by atoms with E-state index in [2.05, 4.69) is 35.0 Å². The first-order valence-corrected chi connectivity index (χ1v) is 25.8. The van der Waals surface area contributed by atoms with Gasteiger partial charge in [-0.25, -0.2) is 22.5 Å². The summed E-state index contributed by atoms with van der Waals surface area (Å²) in [7, 11) is -1.94. The number of esters is 1. The Labute approximate surface area is 410 Å². The van der Waals surface area contributed by atoms with Crippen LogP contribution in [0, 0.1) is 17.5 Å². The van der Waals surface area contributed by atoms with Gasteiger partial charge in [0.2, 0.25) is 11.0 Å². The highest BCUT2D eigenvalue weighted by Crippen LogP contribution is 2.38. The molecule has 4 atom stereocenters. The maximum Gasteiger partial charge on any atom is 0.313 e. The summed E-state index contributed by atoms with van der Waals surface area (Å²) < 4.78 is 104. The molecule has 28 heteroatoms. The minimum Gasteiger partial charge on any atom is -0.420 e. The van der Waals surface area contributed by atoms with E-state index in [1.807, 2.05) is 0 Å². The van der Waals surface area contributed by atoms with E-state index in [0.29, 0.717) is 123 Å². The molecule has 22 nitrogen and oxygen atoms in total. The summed E-state index contributed by atoms with van der Waals surface area (Å²) in [4.78, 5) is 41.2. The number of benzene rings is 1. The lowest BCUT2D eigenvalue weighted by Crippen LogP contribution is -2.49. The Morgan fingerprint density at radius 2 is 1.44 bits per heavy atom. The summed E-state index contributed by atoms with van der Waals surface area (Å²) in [5, 5.41) is 13.8. The fourth-order valence-corrected chi connectivity index (χ4v) is 8.31. The summed E-state index contributed by atoms with van der Waals surface area (Å²) in [6.45, 7) is 7.44. The maximum absolute atomic E-state index is 13.6. The van der Waals surface area contributed by atoms with E-state index in [9.17, 15) is 18.0 Å². The van der Waals surface area contributed by atoms with E-state index in [1.54, 1.807) is 21.8 Å². The lowest BCUT2D eigenvalue weighted by Gasteiger charge is -2.42. The second kappa shape index (κ2) is 31.3. The zero-order valence-corrected chi connectivity index (χ0v) is 41.2. The van der Waals surface area contributed by atoms with Crippen LogP contribution >= 0.6 is 28.8 Å². The van der Waals surface area contributed by atoms with Crippen LogP contribution in [0.15, 0.2) is 24.5 Å². The van der Waals surface area contributed by atoms with E-state index >= 15 is 0 Å². The molecule has 4 aromatic rings. The molecule has 0 spiro atoms. The second-order valence-electron chi connectivity index (χ2n) is 15.6. The quantitative estimate of drug-likeness (QED) is 0.0210. The number of rotatable bonds is 37. The van der Waals surface area contributed by atoms with Gasteiger partial charge in [0.15, 0.2) is 31.9 Å². The van der Waals surface area contributed by atoms with Crippen molar-refractivity contribution >= 4 is 51.6 Å². The molecule has 4 unspecified atom stereocenters. The molecule has 5 heterocycles. The highest BCUT2D eigenvalue weighted by atomic mass is 35.5. The van der Waals surface area contributed by atoms with E-state index in [1.165, 1.54) is 0 Å².